The Morgan fingerprint density at radius 2 is 1.85 bits per heavy atom. The number of halogens is 4. The molecule has 1 aliphatic rings. The van der Waals surface area contributed by atoms with Gasteiger partial charge in [-0.15, -0.1) is 0 Å². The van der Waals surface area contributed by atoms with Gasteiger partial charge in [0.2, 0.25) is 0 Å². The summed E-state index contributed by atoms with van der Waals surface area (Å²) in [7, 11) is 1.17. The van der Waals surface area contributed by atoms with Crippen LogP contribution in [0, 0.1) is 0 Å². The van der Waals surface area contributed by atoms with Crippen molar-refractivity contribution in [3.05, 3.63) is 51.7 Å². The normalized spacial score (nSPS) is 17.5. The van der Waals surface area contributed by atoms with Crippen molar-refractivity contribution in [2.75, 3.05) is 13.7 Å². The second kappa shape index (κ2) is 8.04. The quantitative estimate of drug-likeness (QED) is 0.778. The number of ether oxygens (including phenoxy) is 2. The van der Waals surface area contributed by atoms with Crippen LogP contribution in [0.15, 0.2) is 41.1 Å². The van der Waals surface area contributed by atoms with Gasteiger partial charge in [0, 0.05) is 21.9 Å². The monoisotopic (exact) mass is 403 g/mol. The summed E-state index contributed by atoms with van der Waals surface area (Å²) in [4.78, 5) is 24.8. The van der Waals surface area contributed by atoms with Gasteiger partial charge >= 0.3 is 18.1 Å². The molecule has 0 spiro atoms. The molecule has 1 N–H and O–H groups in total. The summed E-state index contributed by atoms with van der Waals surface area (Å²) in [5.74, 6) is -1.96. The molecule has 0 aliphatic carbocycles. The zero-order valence-electron chi connectivity index (χ0n) is 14.7. The molecule has 5 nitrogen and oxygen atoms in total. The van der Waals surface area contributed by atoms with Gasteiger partial charge in [-0.05, 0) is 19.9 Å². The smallest absolute Gasteiger partial charge is 0.422 e. The van der Waals surface area contributed by atoms with Gasteiger partial charge in [-0.1, -0.05) is 29.8 Å². The SMILES string of the molecule is COC(=O)C1=C(c2ccccc2Cl)C(C(=O)OCC(F)(F)F)=C(C)NC1C. The van der Waals surface area contributed by atoms with E-state index in [1.54, 1.807) is 31.2 Å². The molecule has 146 valence electrons. The lowest BCUT2D eigenvalue weighted by atomic mass is 9.85. The first-order valence-corrected chi connectivity index (χ1v) is 8.23. The van der Waals surface area contributed by atoms with Crippen LogP contribution in [-0.4, -0.2) is 37.9 Å². The number of allylic oxidation sites excluding steroid dienone is 1. The molecule has 0 aromatic heterocycles. The molecule has 0 fully saturated rings. The maximum absolute atomic E-state index is 12.5. The van der Waals surface area contributed by atoms with Crippen molar-refractivity contribution in [3.63, 3.8) is 0 Å². The number of alkyl halides is 3. The van der Waals surface area contributed by atoms with Gasteiger partial charge in [-0.3, -0.25) is 0 Å². The fraction of sp³-hybridized carbons (Fsp3) is 0.333. The Balaban J connectivity index is 2.66. The molecule has 0 radical (unpaired) electrons. The van der Waals surface area contributed by atoms with Gasteiger partial charge in [0.1, 0.15) is 0 Å². The molecule has 1 heterocycles. The van der Waals surface area contributed by atoms with Crippen LogP contribution in [0.3, 0.4) is 0 Å². The lowest BCUT2D eigenvalue weighted by Crippen LogP contribution is -2.38. The zero-order valence-corrected chi connectivity index (χ0v) is 15.5. The first kappa shape index (κ1) is 20.8. The minimum atomic E-state index is -4.68. The van der Waals surface area contributed by atoms with E-state index in [-0.39, 0.29) is 27.4 Å². The number of nitrogens with one attached hydrogen (secondary N) is 1. The lowest BCUT2D eigenvalue weighted by Gasteiger charge is -2.29. The third kappa shape index (κ3) is 4.63. The molecular weight excluding hydrogens is 387 g/mol. The largest absolute Gasteiger partial charge is 0.466 e. The summed E-state index contributed by atoms with van der Waals surface area (Å²) in [6.07, 6.45) is -4.68. The molecule has 1 atom stereocenters. The Morgan fingerprint density at radius 3 is 2.41 bits per heavy atom. The topological polar surface area (TPSA) is 64.6 Å². The number of methoxy groups -OCH3 is 1. The van der Waals surface area contributed by atoms with Gasteiger partial charge in [0.05, 0.1) is 24.3 Å². The number of hydrogen-bond acceptors (Lipinski definition) is 5. The molecule has 0 saturated carbocycles. The summed E-state index contributed by atoms with van der Waals surface area (Å²) in [5.41, 5.74) is 0.521. The average molecular weight is 404 g/mol. The van der Waals surface area contributed by atoms with Crippen LogP contribution in [-0.2, 0) is 19.1 Å². The highest BCUT2D eigenvalue weighted by Crippen LogP contribution is 2.38. The minimum absolute atomic E-state index is 0.0650. The average Bonchev–Trinajstić information content (AvgIpc) is 2.58. The van der Waals surface area contributed by atoms with E-state index in [1.807, 2.05) is 0 Å². The third-order valence-corrected chi connectivity index (χ3v) is 4.21. The number of carbonyl (C=O) groups is 2. The highest BCUT2D eigenvalue weighted by atomic mass is 35.5. The van der Waals surface area contributed by atoms with Crippen molar-refractivity contribution in [1.29, 1.82) is 0 Å². The molecule has 0 amide bonds. The summed E-state index contributed by atoms with van der Waals surface area (Å²) < 4.78 is 46.6. The molecule has 1 aromatic carbocycles. The minimum Gasteiger partial charge on any atom is -0.466 e. The van der Waals surface area contributed by atoms with E-state index >= 15 is 0 Å². The second-order valence-corrected chi connectivity index (χ2v) is 6.22. The van der Waals surface area contributed by atoms with Crippen molar-refractivity contribution in [2.24, 2.45) is 0 Å². The Morgan fingerprint density at radius 1 is 1.22 bits per heavy atom. The molecule has 1 aliphatic heterocycles. The Kier molecular flexibility index (Phi) is 6.20. The third-order valence-electron chi connectivity index (χ3n) is 3.88. The molecular formula is C18H17ClF3NO4. The number of dihydropyridines is 1. The highest BCUT2D eigenvalue weighted by Gasteiger charge is 2.37. The van der Waals surface area contributed by atoms with E-state index in [0.717, 1.165) is 0 Å². The summed E-state index contributed by atoms with van der Waals surface area (Å²) >= 11 is 6.22. The summed E-state index contributed by atoms with van der Waals surface area (Å²) in [5, 5.41) is 3.11. The van der Waals surface area contributed by atoms with Gasteiger partial charge in [0.25, 0.3) is 0 Å². The van der Waals surface area contributed by atoms with E-state index in [4.69, 9.17) is 16.3 Å². The van der Waals surface area contributed by atoms with Gasteiger partial charge in [-0.25, -0.2) is 9.59 Å². The van der Waals surface area contributed by atoms with Gasteiger partial charge in [0.15, 0.2) is 6.61 Å². The molecule has 27 heavy (non-hydrogen) atoms. The van der Waals surface area contributed by atoms with Crippen molar-refractivity contribution >= 4 is 29.1 Å². The molecule has 0 saturated heterocycles. The van der Waals surface area contributed by atoms with Crippen LogP contribution >= 0.6 is 11.6 Å². The van der Waals surface area contributed by atoms with E-state index in [0.29, 0.717) is 5.56 Å². The summed E-state index contributed by atoms with van der Waals surface area (Å²) in [6, 6.07) is 5.81. The predicted molar refractivity (Wildman–Crippen MR) is 92.7 cm³/mol. The van der Waals surface area contributed by atoms with Crippen LogP contribution in [0.5, 0.6) is 0 Å². The van der Waals surface area contributed by atoms with E-state index in [1.165, 1.54) is 14.0 Å². The number of benzene rings is 1. The lowest BCUT2D eigenvalue weighted by molar-refractivity contribution is -0.183. The summed E-state index contributed by atoms with van der Waals surface area (Å²) in [6.45, 7) is 1.41. The van der Waals surface area contributed by atoms with Gasteiger partial charge < -0.3 is 14.8 Å². The molecule has 1 aromatic rings. The number of carbonyl (C=O) groups excluding carboxylic acids is 2. The van der Waals surface area contributed by atoms with Crippen molar-refractivity contribution in [1.82, 2.24) is 5.32 Å². The first-order valence-electron chi connectivity index (χ1n) is 7.85. The maximum Gasteiger partial charge on any atom is 0.422 e. The van der Waals surface area contributed by atoms with Crippen molar-refractivity contribution in [3.8, 4) is 0 Å². The second-order valence-electron chi connectivity index (χ2n) is 5.82. The van der Waals surface area contributed by atoms with Crippen LogP contribution in [0.1, 0.15) is 19.4 Å². The van der Waals surface area contributed by atoms with Crippen LogP contribution in [0.4, 0.5) is 13.2 Å². The van der Waals surface area contributed by atoms with Crippen LogP contribution < -0.4 is 5.32 Å². The van der Waals surface area contributed by atoms with E-state index in [2.05, 4.69) is 10.1 Å². The number of esters is 2. The Labute approximate surface area is 158 Å². The van der Waals surface area contributed by atoms with Crippen LogP contribution in [0.2, 0.25) is 5.02 Å². The van der Waals surface area contributed by atoms with Crippen molar-refractivity contribution < 1.29 is 32.2 Å². The Hall–Kier alpha value is -2.48. The molecule has 9 heteroatoms. The zero-order chi connectivity index (χ0) is 20.4. The number of hydrogen-bond donors (Lipinski definition) is 1. The highest BCUT2D eigenvalue weighted by molar-refractivity contribution is 6.33. The van der Waals surface area contributed by atoms with E-state index in [9.17, 15) is 22.8 Å². The Bertz CT molecular complexity index is 830. The predicted octanol–water partition coefficient (Wildman–Crippen LogP) is 3.64. The van der Waals surface area contributed by atoms with E-state index < -0.39 is 30.8 Å². The fourth-order valence-electron chi connectivity index (χ4n) is 2.81. The fourth-order valence-corrected chi connectivity index (χ4v) is 3.05. The first-order chi connectivity index (χ1) is 12.6. The molecule has 1 unspecified atom stereocenters. The standard InChI is InChI=1S/C18H17ClF3NO4/c1-9-13(16(24)26-3)15(11-6-4-5-7-12(11)19)14(10(2)23-9)17(25)27-8-18(20,21)22/h4-7,9,23H,8H2,1-3H3. The molecule has 2 rings (SSSR count). The molecule has 0 bridgehead atoms. The number of rotatable bonds is 4. The van der Waals surface area contributed by atoms with Crippen LogP contribution in [0.25, 0.3) is 5.57 Å². The van der Waals surface area contributed by atoms with Crippen molar-refractivity contribution in [2.45, 2.75) is 26.1 Å². The maximum atomic E-state index is 12.5. The van der Waals surface area contributed by atoms with Gasteiger partial charge in [-0.2, -0.15) is 13.2 Å².